The molecule has 1 aliphatic carbocycles. The Balaban J connectivity index is 1.89. The van der Waals surface area contributed by atoms with E-state index in [1.807, 2.05) is 23.1 Å². The summed E-state index contributed by atoms with van der Waals surface area (Å²) < 4.78 is 0. The lowest BCUT2D eigenvalue weighted by atomic mass is 9.65. The summed E-state index contributed by atoms with van der Waals surface area (Å²) in [5.41, 5.74) is 2.99. The van der Waals surface area contributed by atoms with Gasteiger partial charge in [-0.3, -0.25) is 4.79 Å². The number of nitrogens with zero attached hydrogens (tertiary/aromatic N) is 2. The molecule has 2 aliphatic heterocycles. The van der Waals surface area contributed by atoms with Gasteiger partial charge in [0.25, 0.3) is 0 Å². The first-order valence-electron chi connectivity index (χ1n) is 6.15. The van der Waals surface area contributed by atoms with Crippen LogP contribution < -0.4 is 4.90 Å². The van der Waals surface area contributed by atoms with Gasteiger partial charge in [0.05, 0.1) is 11.6 Å². The molecule has 3 nitrogen and oxygen atoms in total. The maximum atomic E-state index is 12.0. The molecule has 1 amide bonds. The van der Waals surface area contributed by atoms with Crippen molar-refractivity contribution in [3.63, 3.8) is 0 Å². The Bertz CT molecular complexity index is 572. The van der Waals surface area contributed by atoms with Crippen LogP contribution in [-0.4, -0.2) is 11.9 Å². The largest absolute Gasteiger partial charge is 0.308 e. The van der Waals surface area contributed by atoms with Crippen LogP contribution in [0.15, 0.2) is 18.2 Å². The summed E-state index contributed by atoms with van der Waals surface area (Å²) >= 11 is 0. The Morgan fingerprint density at radius 1 is 1.41 bits per heavy atom. The van der Waals surface area contributed by atoms with Gasteiger partial charge in [0.2, 0.25) is 5.91 Å². The first-order chi connectivity index (χ1) is 8.29. The molecule has 0 aromatic heterocycles. The third-order valence-corrected chi connectivity index (χ3v) is 4.56. The summed E-state index contributed by atoms with van der Waals surface area (Å²) in [4.78, 5) is 14.0. The molecular formula is C14H12N2O. The van der Waals surface area contributed by atoms with E-state index in [9.17, 15) is 4.79 Å². The minimum absolute atomic E-state index is 0.263. The van der Waals surface area contributed by atoms with Crippen LogP contribution in [0.2, 0.25) is 0 Å². The van der Waals surface area contributed by atoms with Crippen LogP contribution in [0.1, 0.15) is 36.3 Å². The zero-order valence-corrected chi connectivity index (χ0v) is 9.39. The molecule has 1 aromatic rings. The minimum atomic E-state index is 0.263. The molecule has 0 unspecified atom stereocenters. The number of rotatable bonds is 0. The van der Waals surface area contributed by atoms with Crippen LogP contribution in [0.25, 0.3) is 0 Å². The second-order valence-corrected chi connectivity index (χ2v) is 5.28. The van der Waals surface area contributed by atoms with Crippen molar-refractivity contribution < 1.29 is 4.79 Å². The fourth-order valence-corrected chi connectivity index (χ4v) is 3.76. The number of amides is 1. The molecule has 84 valence electrons. The number of nitriles is 1. The monoisotopic (exact) mass is 224 g/mol. The average Bonchev–Trinajstić information content (AvgIpc) is 2.60. The number of piperidine rings is 1. The summed E-state index contributed by atoms with van der Waals surface area (Å²) in [5, 5.41) is 8.95. The number of hydrogen-bond donors (Lipinski definition) is 0. The van der Waals surface area contributed by atoms with Gasteiger partial charge in [0.1, 0.15) is 0 Å². The summed E-state index contributed by atoms with van der Waals surface area (Å²) in [7, 11) is 0. The van der Waals surface area contributed by atoms with E-state index in [4.69, 9.17) is 5.26 Å². The first kappa shape index (κ1) is 9.23. The van der Waals surface area contributed by atoms with Gasteiger partial charge in [0.15, 0.2) is 0 Å². The molecule has 1 aromatic carbocycles. The number of carbonyl (C=O) groups is 1. The van der Waals surface area contributed by atoms with Gasteiger partial charge < -0.3 is 4.90 Å². The molecule has 0 spiro atoms. The van der Waals surface area contributed by atoms with Gasteiger partial charge in [0, 0.05) is 24.1 Å². The Morgan fingerprint density at radius 3 is 3.12 bits per heavy atom. The van der Waals surface area contributed by atoms with E-state index in [2.05, 4.69) is 6.07 Å². The second kappa shape index (κ2) is 2.89. The van der Waals surface area contributed by atoms with Crippen LogP contribution >= 0.6 is 0 Å². The van der Waals surface area contributed by atoms with Crippen LogP contribution in [-0.2, 0) is 4.79 Å². The van der Waals surface area contributed by atoms with Crippen LogP contribution in [0.5, 0.6) is 0 Å². The van der Waals surface area contributed by atoms with Crippen molar-refractivity contribution in [1.82, 2.24) is 0 Å². The van der Waals surface area contributed by atoms with E-state index < -0.39 is 0 Å². The van der Waals surface area contributed by atoms with Crippen molar-refractivity contribution in [3.8, 4) is 6.07 Å². The molecule has 1 saturated heterocycles. The van der Waals surface area contributed by atoms with Crippen molar-refractivity contribution in [2.45, 2.75) is 31.2 Å². The van der Waals surface area contributed by atoms with E-state index in [1.165, 1.54) is 12.0 Å². The van der Waals surface area contributed by atoms with Gasteiger partial charge in [-0.1, -0.05) is 0 Å². The lowest BCUT2D eigenvalue weighted by Gasteiger charge is -2.47. The highest BCUT2D eigenvalue weighted by Gasteiger charge is 2.55. The normalized spacial score (nSPS) is 32.5. The van der Waals surface area contributed by atoms with Crippen molar-refractivity contribution in [2.75, 3.05) is 4.90 Å². The second-order valence-electron chi connectivity index (χ2n) is 5.28. The third kappa shape index (κ3) is 0.986. The number of benzene rings is 1. The summed E-state index contributed by atoms with van der Waals surface area (Å²) in [6.45, 7) is 0. The van der Waals surface area contributed by atoms with Gasteiger partial charge >= 0.3 is 0 Å². The topological polar surface area (TPSA) is 44.1 Å². The Kier molecular flexibility index (Phi) is 1.57. The maximum Gasteiger partial charge on any atom is 0.227 e. The number of carbonyl (C=O) groups excluding carboxylic acids is 1. The predicted molar refractivity (Wildman–Crippen MR) is 62.5 cm³/mol. The van der Waals surface area contributed by atoms with Crippen molar-refractivity contribution in [3.05, 3.63) is 29.3 Å². The quantitative estimate of drug-likeness (QED) is 0.678. The van der Waals surface area contributed by atoms with Crippen LogP contribution in [0.3, 0.4) is 0 Å². The molecular weight excluding hydrogens is 212 g/mol. The average molecular weight is 224 g/mol. The molecule has 0 bridgehead atoms. The zero-order chi connectivity index (χ0) is 11.6. The van der Waals surface area contributed by atoms with E-state index >= 15 is 0 Å². The molecule has 0 N–H and O–H groups in total. The Morgan fingerprint density at radius 2 is 2.29 bits per heavy atom. The maximum absolute atomic E-state index is 12.0. The lowest BCUT2D eigenvalue weighted by Crippen LogP contribution is -2.54. The molecule has 3 heteroatoms. The smallest absolute Gasteiger partial charge is 0.227 e. The zero-order valence-electron chi connectivity index (χ0n) is 9.39. The highest BCUT2D eigenvalue weighted by Crippen LogP contribution is 2.58. The minimum Gasteiger partial charge on any atom is -0.308 e. The summed E-state index contributed by atoms with van der Waals surface area (Å²) in [6.07, 6.45) is 2.93. The molecule has 1 saturated carbocycles. The molecule has 2 heterocycles. The third-order valence-electron chi connectivity index (χ3n) is 4.56. The summed E-state index contributed by atoms with van der Waals surface area (Å²) in [5.74, 6) is 1.45. The van der Waals surface area contributed by atoms with Crippen LogP contribution in [0, 0.1) is 17.2 Å². The summed E-state index contributed by atoms with van der Waals surface area (Å²) in [6, 6.07) is 8.33. The van der Waals surface area contributed by atoms with Gasteiger partial charge in [-0.25, -0.2) is 0 Å². The molecule has 4 rings (SSSR count). The van der Waals surface area contributed by atoms with E-state index in [0.29, 0.717) is 29.9 Å². The highest BCUT2D eigenvalue weighted by atomic mass is 16.2. The molecule has 3 atom stereocenters. The Labute approximate surface area is 99.6 Å². The van der Waals surface area contributed by atoms with E-state index in [1.54, 1.807) is 0 Å². The molecule has 0 radical (unpaired) electrons. The van der Waals surface area contributed by atoms with E-state index in [-0.39, 0.29) is 5.91 Å². The van der Waals surface area contributed by atoms with Gasteiger partial charge in [-0.2, -0.15) is 5.26 Å². The van der Waals surface area contributed by atoms with Crippen LogP contribution in [0.4, 0.5) is 5.69 Å². The fraction of sp³-hybridized carbons (Fsp3) is 0.429. The van der Waals surface area contributed by atoms with Crippen molar-refractivity contribution in [2.24, 2.45) is 5.92 Å². The van der Waals surface area contributed by atoms with Crippen molar-refractivity contribution >= 4 is 11.6 Å². The number of anilines is 1. The highest BCUT2D eigenvalue weighted by molar-refractivity contribution is 5.98. The number of fused-ring (bicyclic) bond motifs is 3. The fourth-order valence-electron chi connectivity index (χ4n) is 3.76. The molecule has 3 aliphatic rings. The predicted octanol–water partition coefficient (Wildman–Crippen LogP) is 2.17. The van der Waals surface area contributed by atoms with Gasteiger partial charge in [-0.15, -0.1) is 0 Å². The standard InChI is InChI=1S/C14H12N2O/c15-7-8-1-3-12-10(5-8)11-6-9-2-4-13(17)16(12)14(9)11/h1,3,5,9,11,14H,2,4,6H2/t9-,11-,14-/m0/s1. The van der Waals surface area contributed by atoms with Crippen molar-refractivity contribution in [1.29, 1.82) is 5.26 Å². The Hall–Kier alpha value is -1.82. The first-order valence-corrected chi connectivity index (χ1v) is 6.15. The van der Waals surface area contributed by atoms with Gasteiger partial charge in [-0.05, 0) is 42.5 Å². The SMILES string of the molecule is N#Cc1ccc2c(c1)[C@@H]1C[C@@H]3CCC(=O)N2[C@@H]31. The lowest BCUT2D eigenvalue weighted by molar-refractivity contribution is -0.122. The van der Waals surface area contributed by atoms with E-state index in [0.717, 1.165) is 12.1 Å². The molecule has 17 heavy (non-hydrogen) atoms. The molecule has 2 fully saturated rings. The number of hydrogen-bond acceptors (Lipinski definition) is 2.